The predicted molar refractivity (Wildman–Crippen MR) is 84.7 cm³/mol. The van der Waals surface area contributed by atoms with Crippen molar-refractivity contribution >= 4 is 17.2 Å². The van der Waals surface area contributed by atoms with E-state index in [4.69, 9.17) is 9.47 Å². The van der Waals surface area contributed by atoms with Crippen LogP contribution >= 0.6 is 11.3 Å². The fraction of sp³-hybridized carbons (Fsp3) is 0.375. The smallest absolute Gasteiger partial charge is 0.251 e. The van der Waals surface area contributed by atoms with Crippen molar-refractivity contribution in [2.45, 2.75) is 26.3 Å². The van der Waals surface area contributed by atoms with Gasteiger partial charge in [0.15, 0.2) is 11.5 Å². The van der Waals surface area contributed by atoms with Gasteiger partial charge in [-0.2, -0.15) is 0 Å². The van der Waals surface area contributed by atoms with E-state index < -0.39 is 0 Å². The number of carbonyl (C=O) groups is 1. The fourth-order valence-corrected chi connectivity index (χ4v) is 2.96. The number of thiazole rings is 1. The summed E-state index contributed by atoms with van der Waals surface area (Å²) in [5.74, 6) is 1.19. The number of nitrogens with one attached hydrogen (secondary N) is 1. The summed E-state index contributed by atoms with van der Waals surface area (Å²) in [5.41, 5.74) is 0.566. The minimum atomic E-state index is -0.135. The molecule has 1 N–H and O–H groups in total. The molecule has 1 aromatic heterocycles. The van der Waals surface area contributed by atoms with E-state index in [1.165, 1.54) is 4.88 Å². The molecule has 3 rings (SSSR count). The Hall–Kier alpha value is -2.08. The van der Waals surface area contributed by atoms with E-state index in [9.17, 15) is 4.79 Å². The average molecular weight is 318 g/mol. The summed E-state index contributed by atoms with van der Waals surface area (Å²) in [5, 5.41) is 3.80. The normalized spacial score (nSPS) is 13.5. The minimum Gasteiger partial charge on any atom is -0.490 e. The molecule has 0 saturated carbocycles. The molecule has 1 aromatic carbocycles. The summed E-state index contributed by atoms with van der Waals surface area (Å²) in [6.07, 6.45) is 3.67. The number of ether oxygens (including phenoxy) is 2. The second kappa shape index (κ2) is 6.79. The summed E-state index contributed by atoms with van der Waals surface area (Å²) in [4.78, 5) is 17.8. The van der Waals surface area contributed by atoms with Crippen LogP contribution in [0.2, 0.25) is 0 Å². The quantitative estimate of drug-likeness (QED) is 0.941. The molecule has 6 heteroatoms. The van der Waals surface area contributed by atoms with E-state index in [1.54, 1.807) is 29.5 Å². The standard InChI is InChI=1S/C16H18N2O3S/c1-2-12-9-17-15(22-12)10-18-16(19)11-4-5-13-14(8-11)21-7-3-6-20-13/h4-5,8-9H,2-3,6-7,10H2,1H3,(H,18,19). The molecule has 1 amide bonds. The van der Waals surface area contributed by atoms with E-state index in [0.717, 1.165) is 17.8 Å². The molecular formula is C16H18N2O3S. The maximum Gasteiger partial charge on any atom is 0.251 e. The molecule has 1 aliphatic rings. The molecular weight excluding hydrogens is 300 g/mol. The number of aryl methyl sites for hydroxylation is 1. The number of hydrogen-bond donors (Lipinski definition) is 1. The van der Waals surface area contributed by atoms with Gasteiger partial charge in [-0.15, -0.1) is 11.3 Å². The van der Waals surface area contributed by atoms with Crippen LogP contribution in [0.4, 0.5) is 0 Å². The first-order valence-corrected chi connectivity index (χ1v) is 8.19. The summed E-state index contributed by atoms with van der Waals surface area (Å²) >= 11 is 1.63. The van der Waals surface area contributed by atoms with Crippen molar-refractivity contribution in [3.8, 4) is 11.5 Å². The van der Waals surface area contributed by atoms with Gasteiger partial charge in [-0.25, -0.2) is 4.98 Å². The van der Waals surface area contributed by atoms with Crippen LogP contribution in [0.3, 0.4) is 0 Å². The maximum absolute atomic E-state index is 12.2. The van der Waals surface area contributed by atoms with Gasteiger partial charge in [0.2, 0.25) is 0 Å². The number of hydrogen-bond acceptors (Lipinski definition) is 5. The molecule has 0 radical (unpaired) electrons. The summed E-state index contributed by atoms with van der Waals surface area (Å²) in [7, 11) is 0. The number of rotatable bonds is 4. The van der Waals surface area contributed by atoms with Gasteiger partial charge in [-0.05, 0) is 24.6 Å². The van der Waals surface area contributed by atoms with Crippen LogP contribution in [0, 0.1) is 0 Å². The lowest BCUT2D eigenvalue weighted by Gasteiger charge is -2.09. The van der Waals surface area contributed by atoms with E-state index in [-0.39, 0.29) is 5.91 Å². The third-order valence-corrected chi connectivity index (χ3v) is 4.50. The number of aromatic nitrogens is 1. The second-order valence-electron chi connectivity index (χ2n) is 4.97. The van der Waals surface area contributed by atoms with Gasteiger partial charge in [0.25, 0.3) is 5.91 Å². The summed E-state index contributed by atoms with van der Waals surface area (Å²) in [6, 6.07) is 5.27. The Balaban J connectivity index is 1.65. The third kappa shape index (κ3) is 3.39. The first-order chi connectivity index (χ1) is 10.8. The number of nitrogens with zero attached hydrogens (tertiary/aromatic N) is 1. The van der Waals surface area contributed by atoms with Crippen LogP contribution in [0.15, 0.2) is 24.4 Å². The highest BCUT2D eigenvalue weighted by Gasteiger charge is 2.14. The average Bonchev–Trinajstić information content (AvgIpc) is 2.88. The molecule has 0 aliphatic carbocycles. The van der Waals surface area contributed by atoms with Crippen molar-refractivity contribution < 1.29 is 14.3 Å². The number of fused-ring (bicyclic) bond motifs is 1. The Morgan fingerprint density at radius 1 is 1.32 bits per heavy atom. The molecule has 0 fully saturated rings. The molecule has 0 atom stereocenters. The predicted octanol–water partition coefficient (Wildman–Crippen LogP) is 2.80. The van der Waals surface area contributed by atoms with Crippen LogP contribution in [0.25, 0.3) is 0 Å². The summed E-state index contributed by atoms with van der Waals surface area (Å²) in [6.45, 7) is 3.78. The van der Waals surface area contributed by atoms with Crippen LogP contribution in [-0.2, 0) is 13.0 Å². The molecule has 0 unspecified atom stereocenters. The van der Waals surface area contributed by atoms with Crippen LogP contribution in [-0.4, -0.2) is 24.1 Å². The van der Waals surface area contributed by atoms with Crippen LogP contribution in [0.5, 0.6) is 11.5 Å². The number of carbonyl (C=O) groups excluding carboxylic acids is 1. The fourth-order valence-electron chi connectivity index (χ4n) is 2.16. The Kier molecular flexibility index (Phi) is 4.58. The summed E-state index contributed by atoms with van der Waals surface area (Å²) < 4.78 is 11.2. The van der Waals surface area contributed by atoms with Crippen molar-refractivity contribution in [2.75, 3.05) is 13.2 Å². The van der Waals surface area contributed by atoms with Crippen molar-refractivity contribution in [3.63, 3.8) is 0 Å². The van der Waals surface area contributed by atoms with Crippen molar-refractivity contribution in [2.24, 2.45) is 0 Å². The van der Waals surface area contributed by atoms with E-state index in [1.807, 2.05) is 6.20 Å². The van der Waals surface area contributed by atoms with Crippen molar-refractivity contribution in [1.29, 1.82) is 0 Å². The largest absolute Gasteiger partial charge is 0.490 e. The van der Waals surface area contributed by atoms with Gasteiger partial charge in [-0.3, -0.25) is 4.79 Å². The molecule has 0 bridgehead atoms. The molecule has 0 spiro atoms. The van der Waals surface area contributed by atoms with Gasteiger partial charge in [0.05, 0.1) is 19.8 Å². The van der Waals surface area contributed by atoms with E-state index in [0.29, 0.717) is 36.8 Å². The highest BCUT2D eigenvalue weighted by Crippen LogP contribution is 2.30. The zero-order chi connectivity index (χ0) is 15.4. The van der Waals surface area contributed by atoms with Gasteiger partial charge >= 0.3 is 0 Å². The highest BCUT2D eigenvalue weighted by molar-refractivity contribution is 7.11. The van der Waals surface area contributed by atoms with Crippen molar-refractivity contribution in [3.05, 3.63) is 39.8 Å². The van der Waals surface area contributed by atoms with E-state index >= 15 is 0 Å². The lowest BCUT2D eigenvalue weighted by Crippen LogP contribution is -2.22. The van der Waals surface area contributed by atoms with E-state index in [2.05, 4.69) is 17.2 Å². The Morgan fingerprint density at radius 2 is 2.14 bits per heavy atom. The number of amides is 1. The monoisotopic (exact) mass is 318 g/mol. The Morgan fingerprint density at radius 3 is 2.91 bits per heavy atom. The SMILES string of the molecule is CCc1cnc(CNC(=O)c2ccc3c(c2)OCCCO3)s1. The molecule has 5 nitrogen and oxygen atoms in total. The lowest BCUT2D eigenvalue weighted by atomic mass is 10.2. The zero-order valence-electron chi connectivity index (χ0n) is 12.4. The van der Waals surface area contributed by atoms with Gasteiger partial charge in [-0.1, -0.05) is 6.92 Å². The third-order valence-electron chi connectivity index (χ3n) is 3.36. The van der Waals surface area contributed by atoms with Gasteiger partial charge in [0, 0.05) is 23.1 Å². The molecule has 2 aromatic rings. The van der Waals surface area contributed by atoms with Gasteiger partial charge in [0.1, 0.15) is 5.01 Å². The van der Waals surface area contributed by atoms with Crippen LogP contribution < -0.4 is 14.8 Å². The molecule has 2 heterocycles. The first kappa shape index (κ1) is 14.8. The van der Waals surface area contributed by atoms with Crippen molar-refractivity contribution in [1.82, 2.24) is 10.3 Å². The highest BCUT2D eigenvalue weighted by atomic mass is 32.1. The molecule has 22 heavy (non-hydrogen) atoms. The second-order valence-corrected chi connectivity index (χ2v) is 6.17. The number of benzene rings is 1. The molecule has 0 saturated heterocycles. The Labute approximate surface area is 133 Å². The molecule has 116 valence electrons. The van der Waals surface area contributed by atoms with Gasteiger partial charge < -0.3 is 14.8 Å². The van der Waals surface area contributed by atoms with Crippen LogP contribution in [0.1, 0.15) is 33.6 Å². The Bertz CT molecular complexity index is 669. The minimum absolute atomic E-state index is 0.135. The molecule has 1 aliphatic heterocycles. The first-order valence-electron chi connectivity index (χ1n) is 7.37. The topological polar surface area (TPSA) is 60.5 Å². The zero-order valence-corrected chi connectivity index (χ0v) is 13.2. The lowest BCUT2D eigenvalue weighted by molar-refractivity contribution is 0.0950. The maximum atomic E-state index is 12.2.